The van der Waals surface area contributed by atoms with E-state index in [1.165, 1.54) is 12.8 Å². The van der Waals surface area contributed by atoms with Crippen molar-refractivity contribution in [2.24, 2.45) is 0 Å². The molecule has 1 aliphatic heterocycles. The van der Waals surface area contributed by atoms with E-state index in [0.717, 1.165) is 12.5 Å². The van der Waals surface area contributed by atoms with Gasteiger partial charge in [-0.15, -0.1) is 11.3 Å². The Morgan fingerprint density at radius 1 is 1.46 bits per heavy atom. The van der Waals surface area contributed by atoms with Gasteiger partial charge in [-0.25, -0.2) is 0 Å². The third-order valence-corrected chi connectivity index (χ3v) is 4.77. The molecule has 0 amide bonds. The van der Waals surface area contributed by atoms with Crippen LogP contribution in [0.15, 0.2) is 0 Å². The summed E-state index contributed by atoms with van der Waals surface area (Å²) in [7, 11) is 0. The molecule has 0 saturated carbocycles. The molecular formula is C11H15NS. The molecule has 0 radical (unpaired) electrons. The smallest absolute Gasteiger partial charge is 0.0341 e. The number of hydrogen-bond acceptors (Lipinski definition) is 2. The quantitative estimate of drug-likeness (QED) is 0.723. The van der Waals surface area contributed by atoms with Gasteiger partial charge in [-0.1, -0.05) is 13.8 Å². The second kappa shape index (κ2) is 2.58. The average Bonchev–Trinajstić information content (AvgIpc) is 2.72. The number of rotatable bonds is 1. The van der Waals surface area contributed by atoms with E-state index < -0.39 is 0 Å². The first-order valence-corrected chi connectivity index (χ1v) is 5.96. The fraction of sp³-hybridized carbons (Fsp3) is 0.636. The molecule has 0 saturated heterocycles. The lowest BCUT2D eigenvalue weighted by atomic mass is 10.1. The van der Waals surface area contributed by atoms with Gasteiger partial charge in [0.05, 0.1) is 0 Å². The molecule has 1 nitrogen and oxygen atoms in total. The zero-order valence-corrected chi connectivity index (χ0v) is 9.00. The van der Waals surface area contributed by atoms with Gasteiger partial charge in [0, 0.05) is 22.3 Å². The minimum Gasteiger partial charge on any atom is -0.305 e. The van der Waals surface area contributed by atoms with Gasteiger partial charge in [0.25, 0.3) is 0 Å². The zero-order valence-electron chi connectivity index (χ0n) is 8.18. The Morgan fingerprint density at radius 2 is 2.31 bits per heavy atom. The second-order valence-electron chi connectivity index (χ2n) is 4.41. The van der Waals surface area contributed by atoms with E-state index >= 15 is 0 Å². The summed E-state index contributed by atoms with van der Waals surface area (Å²) in [6, 6.07) is 0.716. The minimum absolute atomic E-state index is 0.716. The second-order valence-corrected chi connectivity index (χ2v) is 5.55. The summed E-state index contributed by atoms with van der Waals surface area (Å²) in [5.74, 6) is 0.726. The molecule has 1 unspecified atom stereocenters. The first-order valence-electron chi connectivity index (χ1n) is 5.15. The Labute approximate surface area is 83.2 Å². The minimum atomic E-state index is 0.716. The molecule has 1 aromatic rings. The molecule has 0 fully saturated rings. The third kappa shape index (κ3) is 0.960. The average molecular weight is 193 g/mol. The molecule has 0 aromatic carbocycles. The van der Waals surface area contributed by atoms with E-state index in [1.807, 2.05) is 11.3 Å². The molecule has 0 bridgehead atoms. The maximum absolute atomic E-state index is 3.58. The lowest BCUT2D eigenvalue weighted by Crippen LogP contribution is -2.08. The third-order valence-electron chi connectivity index (χ3n) is 3.22. The predicted octanol–water partition coefficient (Wildman–Crippen LogP) is 2.96. The van der Waals surface area contributed by atoms with Crippen LogP contribution in [0.1, 0.15) is 53.1 Å². The largest absolute Gasteiger partial charge is 0.305 e. The maximum atomic E-state index is 3.58. The zero-order chi connectivity index (χ0) is 9.00. The van der Waals surface area contributed by atoms with Crippen molar-refractivity contribution >= 4 is 11.3 Å². The normalized spacial score (nSPS) is 24.4. The monoisotopic (exact) mass is 193 g/mol. The molecule has 0 spiro atoms. The van der Waals surface area contributed by atoms with Crippen molar-refractivity contribution in [3.05, 3.63) is 20.9 Å². The SMILES string of the molecule is CC(C)c1sc2c3c1CCC3NC2. The van der Waals surface area contributed by atoms with Gasteiger partial charge >= 0.3 is 0 Å². The van der Waals surface area contributed by atoms with Crippen molar-refractivity contribution in [1.29, 1.82) is 0 Å². The molecule has 3 rings (SSSR count). The van der Waals surface area contributed by atoms with Crippen molar-refractivity contribution in [1.82, 2.24) is 5.32 Å². The lowest BCUT2D eigenvalue weighted by Gasteiger charge is -2.03. The summed E-state index contributed by atoms with van der Waals surface area (Å²) in [4.78, 5) is 3.29. The Bertz CT molecular complexity index is 351. The van der Waals surface area contributed by atoms with Gasteiger partial charge in [-0.05, 0) is 29.9 Å². The molecule has 2 aliphatic rings. The Balaban J connectivity index is 2.18. The maximum Gasteiger partial charge on any atom is 0.0341 e. The number of nitrogens with one attached hydrogen (secondary N) is 1. The van der Waals surface area contributed by atoms with E-state index in [1.54, 1.807) is 20.9 Å². The van der Waals surface area contributed by atoms with Crippen LogP contribution in [0.5, 0.6) is 0 Å². The Hall–Kier alpha value is -0.340. The summed E-state index contributed by atoms with van der Waals surface area (Å²) in [5.41, 5.74) is 3.39. The van der Waals surface area contributed by atoms with Crippen LogP contribution < -0.4 is 5.32 Å². The van der Waals surface area contributed by atoms with Gasteiger partial charge in [0.2, 0.25) is 0 Å². The van der Waals surface area contributed by atoms with Crippen LogP contribution in [0, 0.1) is 0 Å². The lowest BCUT2D eigenvalue weighted by molar-refractivity contribution is 0.574. The standard InChI is InChI=1S/C11H15NS/c1-6(2)11-7-3-4-8-10(7)9(13-11)5-12-8/h6,8,12H,3-5H2,1-2H3. The van der Waals surface area contributed by atoms with Gasteiger partial charge in [-0.3, -0.25) is 0 Å². The summed E-state index contributed by atoms with van der Waals surface area (Å²) < 4.78 is 0. The molecule has 2 heterocycles. The van der Waals surface area contributed by atoms with Crippen LogP contribution >= 0.6 is 11.3 Å². The van der Waals surface area contributed by atoms with E-state index in [0.29, 0.717) is 6.04 Å². The molecule has 1 atom stereocenters. The molecular weight excluding hydrogens is 178 g/mol. The highest BCUT2D eigenvalue weighted by Crippen LogP contribution is 2.46. The fourth-order valence-corrected chi connectivity index (χ4v) is 4.03. The van der Waals surface area contributed by atoms with Crippen molar-refractivity contribution in [3.8, 4) is 0 Å². The molecule has 1 N–H and O–H groups in total. The topological polar surface area (TPSA) is 12.0 Å². The van der Waals surface area contributed by atoms with Gasteiger partial charge < -0.3 is 5.32 Å². The van der Waals surface area contributed by atoms with E-state index in [4.69, 9.17) is 0 Å². The predicted molar refractivity (Wildman–Crippen MR) is 56.3 cm³/mol. The summed E-state index contributed by atoms with van der Waals surface area (Å²) >= 11 is 2.05. The highest BCUT2D eigenvalue weighted by atomic mass is 32.1. The van der Waals surface area contributed by atoms with E-state index in [2.05, 4.69) is 19.2 Å². The Morgan fingerprint density at radius 3 is 3.08 bits per heavy atom. The van der Waals surface area contributed by atoms with Crippen molar-refractivity contribution in [3.63, 3.8) is 0 Å². The van der Waals surface area contributed by atoms with Crippen LogP contribution in [-0.4, -0.2) is 0 Å². The Kier molecular flexibility index (Phi) is 1.59. The van der Waals surface area contributed by atoms with Gasteiger partial charge in [-0.2, -0.15) is 0 Å². The molecule has 2 heteroatoms. The van der Waals surface area contributed by atoms with Crippen molar-refractivity contribution in [2.75, 3.05) is 0 Å². The molecule has 1 aromatic heterocycles. The highest BCUT2D eigenvalue weighted by Gasteiger charge is 2.34. The van der Waals surface area contributed by atoms with Crippen molar-refractivity contribution in [2.45, 2.75) is 45.2 Å². The fourth-order valence-electron chi connectivity index (χ4n) is 2.66. The van der Waals surface area contributed by atoms with Crippen molar-refractivity contribution < 1.29 is 0 Å². The summed E-state index contributed by atoms with van der Waals surface area (Å²) in [6.45, 7) is 5.76. The first-order chi connectivity index (χ1) is 6.27. The van der Waals surface area contributed by atoms with E-state index in [9.17, 15) is 0 Å². The van der Waals surface area contributed by atoms with Crippen LogP contribution in [0.25, 0.3) is 0 Å². The van der Waals surface area contributed by atoms with Crippen LogP contribution in [-0.2, 0) is 13.0 Å². The molecule has 70 valence electrons. The van der Waals surface area contributed by atoms with E-state index in [-0.39, 0.29) is 0 Å². The first kappa shape index (κ1) is 8.01. The summed E-state index contributed by atoms with van der Waals surface area (Å²) in [5, 5.41) is 3.58. The van der Waals surface area contributed by atoms with Gasteiger partial charge in [0.15, 0.2) is 0 Å². The molecule has 13 heavy (non-hydrogen) atoms. The van der Waals surface area contributed by atoms with Crippen LogP contribution in [0.2, 0.25) is 0 Å². The van der Waals surface area contributed by atoms with Gasteiger partial charge in [0.1, 0.15) is 0 Å². The van der Waals surface area contributed by atoms with Crippen LogP contribution in [0.3, 0.4) is 0 Å². The van der Waals surface area contributed by atoms with Crippen LogP contribution in [0.4, 0.5) is 0 Å². The highest BCUT2D eigenvalue weighted by molar-refractivity contribution is 7.12. The summed E-state index contributed by atoms with van der Waals surface area (Å²) in [6.07, 6.45) is 2.65. The molecule has 1 aliphatic carbocycles. The number of thiophene rings is 1. The number of hydrogen-bond donors (Lipinski definition) is 1.